The van der Waals surface area contributed by atoms with Crippen LogP contribution in [-0.4, -0.2) is 61.6 Å². The smallest absolute Gasteiger partial charge is 0.311 e. The van der Waals surface area contributed by atoms with E-state index in [9.17, 15) is 14.5 Å². The van der Waals surface area contributed by atoms with Gasteiger partial charge < -0.3 is 19.3 Å². The Hall–Kier alpha value is -2.71. The third-order valence-electron chi connectivity index (χ3n) is 5.38. The number of rotatable bonds is 9. The number of methoxy groups -OCH3 is 1. The van der Waals surface area contributed by atoms with Crippen LogP contribution in [0.2, 0.25) is 0 Å². The van der Waals surface area contributed by atoms with Crippen LogP contribution in [0, 0.1) is 15.9 Å². The molecule has 162 valence electrons. The SMILES string of the molecule is COc1ccc(CCCN2CCN(C)CC2)cc1COc1cc(F)ccc1[N+](=O)[O-]. The lowest BCUT2D eigenvalue weighted by Gasteiger charge is -2.32. The highest BCUT2D eigenvalue weighted by atomic mass is 19.1. The molecule has 3 rings (SSSR count). The van der Waals surface area contributed by atoms with Gasteiger partial charge in [0.1, 0.15) is 18.2 Å². The van der Waals surface area contributed by atoms with E-state index in [1.54, 1.807) is 7.11 Å². The number of ether oxygens (including phenoxy) is 2. The van der Waals surface area contributed by atoms with Crippen molar-refractivity contribution in [3.63, 3.8) is 0 Å². The van der Waals surface area contributed by atoms with Gasteiger partial charge in [0.2, 0.25) is 0 Å². The minimum absolute atomic E-state index is 0.0553. The summed E-state index contributed by atoms with van der Waals surface area (Å²) in [7, 11) is 3.72. The van der Waals surface area contributed by atoms with Gasteiger partial charge in [-0.05, 0) is 50.2 Å². The first-order valence-corrected chi connectivity index (χ1v) is 10.1. The van der Waals surface area contributed by atoms with Gasteiger partial charge in [0.25, 0.3) is 0 Å². The number of nitrogens with zero attached hydrogens (tertiary/aromatic N) is 3. The first-order valence-electron chi connectivity index (χ1n) is 10.1. The molecule has 1 heterocycles. The molecule has 0 radical (unpaired) electrons. The maximum Gasteiger partial charge on any atom is 0.311 e. The summed E-state index contributed by atoms with van der Waals surface area (Å²) in [6, 6.07) is 9.09. The predicted molar refractivity (Wildman–Crippen MR) is 113 cm³/mol. The Balaban J connectivity index is 1.62. The van der Waals surface area contributed by atoms with Gasteiger partial charge in [-0.25, -0.2) is 4.39 Å². The first-order chi connectivity index (χ1) is 14.5. The number of aryl methyl sites for hydroxylation is 1. The Morgan fingerprint density at radius 2 is 1.87 bits per heavy atom. The molecule has 8 heteroatoms. The molecule has 30 heavy (non-hydrogen) atoms. The van der Waals surface area contributed by atoms with Crippen LogP contribution < -0.4 is 9.47 Å². The number of hydrogen-bond donors (Lipinski definition) is 0. The van der Waals surface area contributed by atoms with E-state index in [-0.39, 0.29) is 18.0 Å². The lowest BCUT2D eigenvalue weighted by molar-refractivity contribution is -0.386. The standard InChI is InChI=1S/C22H28FN3O4/c1-24-10-12-25(13-11-24)9-3-4-17-5-8-21(29-2)18(14-17)16-30-22-15-19(23)6-7-20(22)26(27)28/h5-8,14-15H,3-4,9-13,16H2,1-2H3. The molecule has 1 aliphatic heterocycles. The quantitative estimate of drug-likeness (QED) is 0.460. The predicted octanol–water partition coefficient (Wildman–Crippen LogP) is 3.50. The zero-order chi connectivity index (χ0) is 21.5. The first kappa shape index (κ1) is 22.0. The van der Waals surface area contributed by atoms with Gasteiger partial charge >= 0.3 is 5.69 Å². The van der Waals surface area contributed by atoms with E-state index in [2.05, 4.69) is 16.8 Å². The van der Waals surface area contributed by atoms with Crippen molar-refractivity contribution in [2.45, 2.75) is 19.4 Å². The summed E-state index contributed by atoms with van der Waals surface area (Å²) in [5.41, 5.74) is 1.66. The van der Waals surface area contributed by atoms with Crippen LogP contribution in [0.5, 0.6) is 11.5 Å². The summed E-state index contributed by atoms with van der Waals surface area (Å²) >= 11 is 0. The Morgan fingerprint density at radius 1 is 1.10 bits per heavy atom. The van der Waals surface area contributed by atoms with Crippen LogP contribution in [0.4, 0.5) is 10.1 Å². The second kappa shape index (κ2) is 10.4. The molecule has 0 saturated carbocycles. The Morgan fingerprint density at radius 3 is 2.57 bits per heavy atom. The van der Waals surface area contributed by atoms with E-state index in [1.165, 1.54) is 0 Å². The molecule has 0 bridgehead atoms. The van der Waals surface area contributed by atoms with Gasteiger partial charge in [-0.15, -0.1) is 0 Å². The van der Waals surface area contributed by atoms with Gasteiger partial charge in [-0.2, -0.15) is 0 Å². The number of nitro benzene ring substituents is 1. The molecule has 0 spiro atoms. The second-order valence-corrected chi connectivity index (χ2v) is 7.55. The van der Waals surface area contributed by atoms with Gasteiger partial charge in [-0.3, -0.25) is 10.1 Å². The average molecular weight is 417 g/mol. The van der Waals surface area contributed by atoms with Gasteiger partial charge in [-0.1, -0.05) is 6.07 Å². The molecule has 2 aromatic rings. The topological polar surface area (TPSA) is 68.1 Å². The minimum atomic E-state index is -0.583. The van der Waals surface area contributed by atoms with Crippen LogP contribution in [-0.2, 0) is 13.0 Å². The van der Waals surface area contributed by atoms with E-state index in [0.29, 0.717) is 5.75 Å². The van der Waals surface area contributed by atoms with Crippen molar-refractivity contribution in [1.29, 1.82) is 0 Å². The molecule has 1 fully saturated rings. The number of piperazine rings is 1. The lowest BCUT2D eigenvalue weighted by atomic mass is 10.1. The summed E-state index contributed by atoms with van der Waals surface area (Å²) in [5, 5.41) is 11.2. The van der Waals surface area contributed by atoms with E-state index >= 15 is 0 Å². The molecule has 1 saturated heterocycles. The van der Waals surface area contributed by atoms with Crippen molar-refractivity contribution in [2.24, 2.45) is 0 Å². The molecule has 2 aromatic carbocycles. The summed E-state index contributed by atoms with van der Waals surface area (Å²) in [6.45, 7) is 5.53. The maximum absolute atomic E-state index is 13.5. The number of hydrogen-bond acceptors (Lipinski definition) is 6. The van der Waals surface area contributed by atoms with Crippen molar-refractivity contribution in [3.05, 3.63) is 63.5 Å². The van der Waals surface area contributed by atoms with Crippen molar-refractivity contribution >= 4 is 5.69 Å². The number of nitro groups is 1. The highest BCUT2D eigenvalue weighted by molar-refractivity contribution is 5.46. The molecule has 0 amide bonds. The van der Waals surface area contributed by atoms with E-state index in [0.717, 1.165) is 74.9 Å². The largest absolute Gasteiger partial charge is 0.496 e. The van der Waals surface area contributed by atoms with Crippen LogP contribution in [0.25, 0.3) is 0 Å². The van der Waals surface area contributed by atoms with Crippen molar-refractivity contribution in [2.75, 3.05) is 46.9 Å². The molecular weight excluding hydrogens is 389 g/mol. The van der Waals surface area contributed by atoms with Crippen LogP contribution >= 0.6 is 0 Å². The van der Waals surface area contributed by atoms with Crippen LogP contribution in [0.3, 0.4) is 0 Å². The maximum atomic E-state index is 13.5. The molecule has 7 nitrogen and oxygen atoms in total. The summed E-state index contributed by atoms with van der Waals surface area (Å²) in [4.78, 5) is 15.4. The molecule has 0 unspecified atom stereocenters. The monoisotopic (exact) mass is 417 g/mol. The Kier molecular flexibility index (Phi) is 7.59. The minimum Gasteiger partial charge on any atom is -0.496 e. The third-order valence-corrected chi connectivity index (χ3v) is 5.38. The van der Waals surface area contributed by atoms with Crippen LogP contribution in [0.15, 0.2) is 36.4 Å². The van der Waals surface area contributed by atoms with Gasteiger partial charge in [0.15, 0.2) is 5.75 Å². The molecule has 0 N–H and O–H groups in total. The van der Waals surface area contributed by atoms with Crippen molar-refractivity contribution < 1.29 is 18.8 Å². The van der Waals surface area contributed by atoms with E-state index in [4.69, 9.17) is 9.47 Å². The summed E-state index contributed by atoms with van der Waals surface area (Å²) in [5.74, 6) is -0.0420. The highest BCUT2D eigenvalue weighted by Crippen LogP contribution is 2.30. The number of halogens is 1. The van der Waals surface area contributed by atoms with Crippen LogP contribution in [0.1, 0.15) is 17.5 Å². The number of likely N-dealkylation sites (N-methyl/N-ethyl adjacent to an activating group) is 1. The highest BCUT2D eigenvalue weighted by Gasteiger charge is 2.17. The molecule has 0 atom stereocenters. The molecular formula is C22H28FN3O4. The fourth-order valence-corrected chi connectivity index (χ4v) is 3.59. The van der Waals surface area contributed by atoms with Gasteiger partial charge in [0, 0.05) is 43.9 Å². The average Bonchev–Trinajstić information content (AvgIpc) is 2.73. The normalized spacial score (nSPS) is 15.2. The second-order valence-electron chi connectivity index (χ2n) is 7.55. The number of benzene rings is 2. The van der Waals surface area contributed by atoms with E-state index < -0.39 is 10.7 Å². The van der Waals surface area contributed by atoms with Gasteiger partial charge in [0.05, 0.1) is 12.0 Å². The zero-order valence-electron chi connectivity index (χ0n) is 17.5. The molecule has 1 aliphatic rings. The lowest BCUT2D eigenvalue weighted by Crippen LogP contribution is -2.44. The Bertz CT molecular complexity index is 869. The van der Waals surface area contributed by atoms with Crippen molar-refractivity contribution in [1.82, 2.24) is 9.80 Å². The zero-order valence-corrected chi connectivity index (χ0v) is 17.5. The fraction of sp³-hybridized carbons (Fsp3) is 0.455. The fourth-order valence-electron chi connectivity index (χ4n) is 3.59. The molecule has 0 aliphatic carbocycles. The third kappa shape index (κ3) is 5.90. The van der Waals surface area contributed by atoms with E-state index in [1.807, 2.05) is 18.2 Å². The van der Waals surface area contributed by atoms with Crippen molar-refractivity contribution in [3.8, 4) is 11.5 Å². The Labute approximate surface area is 176 Å². The summed E-state index contributed by atoms with van der Waals surface area (Å²) < 4.78 is 24.5. The summed E-state index contributed by atoms with van der Waals surface area (Å²) in [6.07, 6.45) is 1.97. The molecule has 0 aromatic heterocycles.